The van der Waals surface area contributed by atoms with Crippen molar-refractivity contribution < 1.29 is 9.21 Å². The lowest BCUT2D eigenvalue weighted by Crippen LogP contribution is -2.38. The summed E-state index contributed by atoms with van der Waals surface area (Å²) < 4.78 is 5.85. The molecule has 1 aromatic carbocycles. The number of amides is 1. The summed E-state index contributed by atoms with van der Waals surface area (Å²) in [5, 5.41) is 12.4. The maximum absolute atomic E-state index is 12.5. The van der Waals surface area contributed by atoms with Gasteiger partial charge < -0.3 is 9.32 Å². The Hall–Kier alpha value is -2.47. The van der Waals surface area contributed by atoms with E-state index < -0.39 is 0 Å². The van der Waals surface area contributed by atoms with E-state index in [1.807, 2.05) is 33.9 Å². The van der Waals surface area contributed by atoms with Gasteiger partial charge in [-0.05, 0) is 36.8 Å². The lowest BCUT2D eigenvalue weighted by atomic mass is 9.96. The Balaban J connectivity index is 1.33. The van der Waals surface area contributed by atoms with Crippen LogP contribution in [0.25, 0.3) is 11.5 Å². The lowest BCUT2D eigenvalue weighted by molar-refractivity contribution is -0.131. The molecule has 1 saturated heterocycles. The van der Waals surface area contributed by atoms with Gasteiger partial charge in [0.25, 0.3) is 0 Å². The zero-order chi connectivity index (χ0) is 17.9. The minimum Gasteiger partial charge on any atom is -0.420 e. The Morgan fingerprint density at radius 1 is 1.19 bits per heavy atom. The molecule has 0 atom stereocenters. The van der Waals surface area contributed by atoms with Crippen LogP contribution in [-0.2, 0) is 11.2 Å². The Morgan fingerprint density at radius 3 is 2.65 bits per heavy atom. The van der Waals surface area contributed by atoms with Crippen LogP contribution in [-0.4, -0.2) is 34.1 Å². The number of nitrogens with zero attached hydrogens (tertiary/aromatic N) is 3. The number of likely N-dealkylation sites (tertiary alicyclic amines) is 1. The van der Waals surface area contributed by atoms with E-state index in [2.05, 4.69) is 29.3 Å². The third-order valence-electron chi connectivity index (χ3n) is 4.88. The van der Waals surface area contributed by atoms with Crippen molar-refractivity contribution in [2.75, 3.05) is 13.1 Å². The SMILES string of the molecule is Cc1ccc(CC(=O)N2CCC(c3nnc(-c4ccsc4)o3)CC2)cc1. The summed E-state index contributed by atoms with van der Waals surface area (Å²) in [5.41, 5.74) is 3.25. The average Bonchev–Trinajstić information content (AvgIpc) is 3.35. The van der Waals surface area contributed by atoms with Gasteiger partial charge in [-0.1, -0.05) is 29.8 Å². The van der Waals surface area contributed by atoms with Gasteiger partial charge in [0.15, 0.2) is 0 Å². The van der Waals surface area contributed by atoms with Gasteiger partial charge in [0, 0.05) is 30.0 Å². The highest BCUT2D eigenvalue weighted by atomic mass is 32.1. The standard InChI is InChI=1S/C20H21N3O2S/c1-14-2-4-15(5-3-14)12-18(24)23-9-6-16(7-10-23)19-21-22-20(25-19)17-8-11-26-13-17/h2-5,8,11,13,16H,6-7,9-10,12H2,1H3. The molecule has 0 N–H and O–H groups in total. The number of aryl methyl sites for hydroxylation is 1. The molecular weight excluding hydrogens is 346 g/mol. The second-order valence-corrected chi connectivity index (χ2v) is 7.55. The Kier molecular flexibility index (Phi) is 4.84. The van der Waals surface area contributed by atoms with Crippen LogP contribution >= 0.6 is 11.3 Å². The molecule has 134 valence electrons. The minimum atomic E-state index is 0.191. The van der Waals surface area contributed by atoms with Gasteiger partial charge in [-0.15, -0.1) is 10.2 Å². The molecule has 4 rings (SSSR count). The van der Waals surface area contributed by atoms with Crippen molar-refractivity contribution in [2.45, 2.75) is 32.1 Å². The van der Waals surface area contributed by atoms with Gasteiger partial charge in [-0.3, -0.25) is 4.79 Å². The summed E-state index contributed by atoms with van der Waals surface area (Å²) in [7, 11) is 0. The fourth-order valence-corrected chi connectivity index (χ4v) is 3.90. The van der Waals surface area contributed by atoms with Gasteiger partial charge in [-0.2, -0.15) is 11.3 Å². The normalized spacial score (nSPS) is 15.3. The summed E-state index contributed by atoms with van der Waals surface area (Å²) in [6.07, 6.45) is 2.20. The van der Waals surface area contributed by atoms with E-state index in [4.69, 9.17) is 4.42 Å². The average molecular weight is 367 g/mol. The molecule has 1 aliphatic heterocycles. The smallest absolute Gasteiger partial charge is 0.248 e. The monoisotopic (exact) mass is 367 g/mol. The van der Waals surface area contributed by atoms with Gasteiger partial charge in [0.1, 0.15) is 0 Å². The molecule has 0 bridgehead atoms. The van der Waals surface area contributed by atoms with Crippen molar-refractivity contribution in [1.29, 1.82) is 0 Å². The molecule has 0 spiro atoms. The van der Waals surface area contributed by atoms with E-state index in [0.29, 0.717) is 18.2 Å². The zero-order valence-corrected chi connectivity index (χ0v) is 15.5. The van der Waals surface area contributed by atoms with Crippen LogP contribution in [0, 0.1) is 6.92 Å². The van der Waals surface area contributed by atoms with Crippen molar-refractivity contribution in [3.63, 3.8) is 0 Å². The molecule has 0 unspecified atom stereocenters. The fraction of sp³-hybridized carbons (Fsp3) is 0.350. The molecule has 6 heteroatoms. The van der Waals surface area contributed by atoms with Crippen LogP contribution in [0.5, 0.6) is 0 Å². The number of rotatable bonds is 4. The van der Waals surface area contributed by atoms with E-state index in [0.717, 1.165) is 37.1 Å². The van der Waals surface area contributed by atoms with Crippen molar-refractivity contribution in [2.24, 2.45) is 0 Å². The number of hydrogen-bond acceptors (Lipinski definition) is 5. The summed E-state index contributed by atoms with van der Waals surface area (Å²) in [5.74, 6) is 1.70. The molecule has 1 aliphatic rings. The first-order chi connectivity index (χ1) is 12.7. The highest BCUT2D eigenvalue weighted by Crippen LogP contribution is 2.30. The van der Waals surface area contributed by atoms with Crippen LogP contribution in [0.4, 0.5) is 0 Å². The molecule has 0 saturated carbocycles. The predicted molar refractivity (Wildman–Crippen MR) is 101 cm³/mol. The number of benzene rings is 1. The second kappa shape index (κ2) is 7.41. The van der Waals surface area contributed by atoms with E-state index in [1.54, 1.807) is 11.3 Å². The Bertz CT molecular complexity index is 863. The molecule has 0 radical (unpaired) electrons. The Morgan fingerprint density at radius 2 is 1.96 bits per heavy atom. The van der Waals surface area contributed by atoms with E-state index in [-0.39, 0.29) is 11.8 Å². The largest absolute Gasteiger partial charge is 0.420 e. The van der Waals surface area contributed by atoms with Gasteiger partial charge >= 0.3 is 0 Å². The topological polar surface area (TPSA) is 59.2 Å². The van der Waals surface area contributed by atoms with Crippen molar-refractivity contribution >= 4 is 17.2 Å². The summed E-state index contributed by atoms with van der Waals surface area (Å²) in [6, 6.07) is 10.1. The summed E-state index contributed by atoms with van der Waals surface area (Å²) >= 11 is 1.61. The first kappa shape index (κ1) is 17.0. The number of carbonyl (C=O) groups is 1. The summed E-state index contributed by atoms with van der Waals surface area (Å²) in [4.78, 5) is 14.5. The minimum absolute atomic E-state index is 0.191. The highest BCUT2D eigenvalue weighted by Gasteiger charge is 2.27. The van der Waals surface area contributed by atoms with Crippen LogP contribution in [0.2, 0.25) is 0 Å². The maximum atomic E-state index is 12.5. The van der Waals surface area contributed by atoms with Crippen LogP contribution in [0.15, 0.2) is 45.5 Å². The maximum Gasteiger partial charge on any atom is 0.248 e. The quantitative estimate of drug-likeness (QED) is 0.698. The lowest BCUT2D eigenvalue weighted by Gasteiger charge is -2.30. The van der Waals surface area contributed by atoms with E-state index in [9.17, 15) is 4.79 Å². The fourth-order valence-electron chi connectivity index (χ4n) is 3.27. The molecule has 2 aromatic heterocycles. The van der Waals surface area contributed by atoms with E-state index >= 15 is 0 Å². The van der Waals surface area contributed by atoms with E-state index in [1.165, 1.54) is 5.56 Å². The zero-order valence-electron chi connectivity index (χ0n) is 14.7. The number of thiophene rings is 1. The van der Waals surface area contributed by atoms with Gasteiger partial charge in [0.2, 0.25) is 17.7 Å². The molecule has 1 amide bonds. The first-order valence-electron chi connectivity index (χ1n) is 8.88. The molecule has 26 heavy (non-hydrogen) atoms. The number of aromatic nitrogens is 2. The Labute approximate surface area is 156 Å². The number of piperidine rings is 1. The third-order valence-corrected chi connectivity index (χ3v) is 5.56. The summed E-state index contributed by atoms with van der Waals surface area (Å²) in [6.45, 7) is 3.54. The van der Waals surface area contributed by atoms with Crippen molar-refractivity contribution in [3.05, 3.63) is 58.1 Å². The first-order valence-corrected chi connectivity index (χ1v) is 9.82. The molecule has 1 fully saturated rings. The van der Waals surface area contributed by atoms with Crippen molar-refractivity contribution in [3.8, 4) is 11.5 Å². The predicted octanol–water partition coefficient (Wildman–Crippen LogP) is 4.06. The van der Waals surface area contributed by atoms with Crippen LogP contribution in [0.3, 0.4) is 0 Å². The molecular formula is C20H21N3O2S. The number of hydrogen-bond donors (Lipinski definition) is 0. The third kappa shape index (κ3) is 3.70. The molecule has 3 aromatic rings. The molecule has 3 heterocycles. The second-order valence-electron chi connectivity index (χ2n) is 6.77. The van der Waals surface area contributed by atoms with Crippen LogP contribution < -0.4 is 0 Å². The van der Waals surface area contributed by atoms with Gasteiger partial charge in [-0.25, -0.2) is 0 Å². The molecule has 0 aliphatic carbocycles. The highest BCUT2D eigenvalue weighted by molar-refractivity contribution is 7.08. The van der Waals surface area contributed by atoms with Gasteiger partial charge in [0.05, 0.1) is 6.42 Å². The number of carbonyl (C=O) groups excluding carboxylic acids is 1. The molecule has 5 nitrogen and oxygen atoms in total. The van der Waals surface area contributed by atoms with Crippen LogP contribution in [0.1, 0.15) is 35.8 Å². The van der Waals surface area contributed by atoms with Crippen molar-refractivity contribution in [1.82, 2.24) is 15.1 Å².